The number of nitrogens with zero attached hydrogens (tertiary/aromatic N) is 5. The highest BCUT2D eigenvalue weighted by atomic mass is 32.1. The zero-order chi connectivity index (χ0) is 17.8. The van der Waals surface area contributed by atoms with Gasteiger partial charge in [0.1, 0.15) is 5.82 Å². The van der Waals surface area contributed by atoms with Gasteiger partial charge in [0.25, 0.3) is 0 Å². The maximum Gasteiger partial charge on any atom is 0.219 e. The van der Waals surface area contributed by atoms with E-state index in [0.29, 0.717) is 6.67 Å². The van der Waals surface area contributed by atoms with Crippen molar-refractivity contribution in [3.05, 3.63) is 46.5 Å². The summed E-state index contributed by atoms with van der Waals surface area (Å²) in [5.41, 5.74) is 1.24. The van der Waals surface area contributed by atoms with Gasteiger partial charge in [0, 0.05) is 46.1 Å². The SMILES string of the molecule is CCn1c(Cc2ccccc2)nn(CN2CCN(C(C)=O)CC2)c1=S. The van der Waals surface area contributed by atoms with E-state index >= 15 is 0 Å². The van der Waals surface area contributed by atoms with Gasteiger partial charge in [-0.15, -0.1) is 0 Å². The molecule has 0 saturated carbocycles. The first-order valence-electron chi connectivity index (χ1n) is 8.76. The summed E-state index contributed by atoms with van der Waals surface area (Å²) in [5, 5.41) is 4.78. The molecule has 6 nitrogen and oxygen atoms in total. The Kier molecular flexibility index (Phi) is 5.65. The molecule has 25 heavy (non-hydrogen) atoms. The van der Waals surface area contributed by atoms with Crippen LogP contribution in [0.15, 0.2) is 30.3 Å². The van der Waals surface area contributed by atoms with Gasteiger partial charge in [0.05, 0.1) is 6.67 Å². The van der Waals surface area contributed by atoms with Crippen molar-refractivity contribution < 1.29 is 4.79 Å². The number of benzene rings is 1. The molecule has 2 aromatic rings. The lowest BCUT2D eigenvalue weighted by Gasteiger charge is -2.33. The number of carbonyl (C=O) groups excluding carboxylic acids is 1. The molecule has 2 heterocycles. The topological polar surface area (TPSA) is 46.3 Å². The molecule has 0 atom stereocenters. The van der Waals surface area contributed by atoms with Crippen LogP contribution in [-0.4, -0.2) is 56.2 Å². The number of aromatic nitrogens is 3. The van der Waals surface area contributed by atoms with Gasteiger partial charge < -0.3 is 9.47 Å². The molecule has 0 spiro atoms. The molecule has 3 rings (SSSR count). The number of hydrogen-bond acceptors (Lipinski definition) is 4. The molecule has 1 aliphatic rings. The van der Waals surface area contributed by atoms with Crippen LogP contribution in [0.2, 0.25) is 0 Å². The Labute approximate surface area is 153 Å². The number of rotatable bonds is 5. The minimum absolute atomic E-state index is 0.150. The molecule has 1 aromatic carbocycles. The lowest BCUT2D eigenvalue weighted by atomic mass is 10.1. The summed E-state index contributed by atoms with van der Waals surface area (Å²) in [6.45, 7) is 8.48. The normalized spacial score (nSPS) is 15.5. The van der Waals surface area contributed by atoms with Crippen molar-refractivity contribution in [2.75, 3.05) is 26.2 Å². The van der Waals surface area contributed by atoms with E-state index in [9.17, 15) is 4.79 Å². The van der Waals surface area contributed by atoms with Gasteiger partial charge in [0.15, 0.2) is 4.77 Å². The van der Waals surface area contributed by atoms with Crippen molar-refractivity contribution in [2.45, 2.75) is 33.5 Å². The molecule has 0 radical (unpaired) electrons. The second-order valence-corrected chi connectivity index (χ2v) is 6.74. The minimum atomic E-state index is 0.150. The highest BCUT2D eigenvalue weighted by molar-refractivity contribution is 7.71. The van der Waals surface area contributed by atoms with E-state index in [2.05, 4.69) is 28.5 Å². The van der Waals surface area contributed by atoms with Crippen molar-refractivity contribution in [1.82, 2.24) is 24.1 Å². The molecule has 1 saturated heterocycles. The van der Waals surface area contributed by atoms with Gasteiger partial charge in [-0.1, -0.05) is 30.3 Å². The highest BCUT2D eigenvalue weighted by Gasteiger charge is 2.20. The van der Waals surface area contributed by atoms with Gasteiger partial charge in [-0.05, 0) is 24.7 Å². The van der Waals surface area contributed by atoms with Crippen LogP contribution in [0.3, 0.4) is 0 Å². The third kappa shape index (κ3) is 4.16. The zero-order valence-corrected chi connectivity index (χ0v) is 15.7. The Bertz CT molecular complexity index is 775. The second-order valence-electron chi connectivity index (χ2n) is 6.37. The van der Waals surface area contributed by atoms with Gasteiger partial charge >= 0.3 is 0 Å². The molecule has 0 N–H and O–H groups in total. The van der Waals surface area contributed by atoms with E-state index in [4.69, 9.17) is 17.3 Å². The van der Waals surface area contributed by atoms with Crippen LogP contribution in [0.4, 0.5) is 0 Å². The lowest BCUT2D eigenvalue weighted by molar-refractivity contribution is -0.130. The molecule has 134 valence electrons. The first-order chi connectivity index (χ1) is 12.1. The summed E-state index contributed by atoms with van der Waals surface area (Å²) in [6, 6.07) is 10.3. The molecule has 1 aliphatic heterocycles. The summed E-state index contributed by atoms with van der Waals surface area (Å²) < 4.78 is 4.79. The number of piperazine rings is 1. The predicted octanol–water partition coefficient (Wildman–Crippen LogP) is 2.15. The Morgan fingerprint density at radius 3 is 2.44 bits per heavy atom. The third-order valence-electron chi connectivity index (χ3n) is 4.67. The Balaban J connectivity index is 1.72. The number of amides is 1. The van der Waals surface area contributed by atoms with Crippen molar-refractivity contribution in [1.29, 1.82) is 0 Å². The van der Waals surface area contributed by atoms with Crippen LogP contribution in [-0.2, 0) is 24.4 Å². The van der Waals surface area contributed by atoms with Gasteiger partial charge in [0.2, 0.25) is 5.91 Å². The van der Waals surface area contributed by atoms with Gasteiger partial charge in [-0.25, -0.2) is 4.68 Å². The molecule has 0 unspecified atom stereocenters. The molecule has 1 fully saturated rings. The first kappa shape index (κ1) is 17.8. The van der Waals surface area contributed by atoms with Crippen molar-refractivity contribution >= 4 is 18.1 Å². The fourth-order valence-corrected chi connectivity index (χ4v) is 3.53. The van der Waals surface area contributed by atoms with Crippen LogP contribution in [0, 0.1) is 4.77 Å². The first-order valence-corrected chi connectivity index (χ1v) is 9.17. The average molecular weight is 359 g/mol. The maximum atomic E-state index is 11.4. The largest absolute Gasteiger partial charge is 0.340 e. The van der Waals surface area contributed by atoms with Crippen molar-refractivity contribution in [3.63, 3.8) is 0 Å². The smallest absolute Gasteiger partial charge is 0.219 e. The second kappa shape index (κ2) is 7.93. The maximum absolute atomic E-state index is 11.4. The van der Waals surface area contributed by atoms with Gasteiger partial charge in [-0.2, -0.15) is 5.10 Å². The van der Waals surface area contributed by atoms with E-state index in [1.54, 1.807) is 6.92 Å². The predicted molar refractivity (Wildman–Crippen MR) is 99.8 cm³/mol. The van der Waals surface area contributed by atoms with Crippen molar-refractivity contribution in [3.8, 4) is 0 Å². The Morgan fingerprint density at radius 1 is 1.16 bits per heavy atom. The van der Waals surface area contributed by atoms with E-state index < -0.39 is 0 Å². The summed E-state index contributed by atoms with van der Waals surface area (Å²) >= 11 is 5.63. The molecule has 7 heteroatoms. The van der Waals surface area contributed by atoms with Crippen LogP contribution < -0.4 is 0 Å². The third-order valence-corrected chi connectivity index (χ3v) is 5.10. The van der Waals surface area contributed by atoms with Crippen molar-refractivity contribution in [2.24, 2.45) is 0 Å². The molecular weight excluding hydrogens is 334 g/mol. The Morgan fingerprint density at radius 2 is 1.84 bits per heavy atom. The van der Waals surface area contributed by atoms with E-state index in [0.717, 1.165) is 49.7 Å². The van der Waals surface area contributed by atoms with Crippen LogP contribution >= 0.6 is 12.2 Å². The van der Waals surface area contributed by atoms with Crippen LogP contribution in [0.25, 0.3) is 0 Å². The molecule has 1 aromatic heterocycles. The van der Waals surface area contributed by atoms with E-state index in [-0.39, 0.29) is 5.91 Å². The minimum Gasteiger partial charge on any atom is -0.340 e. The summed E-state index contributed by atoms with van der Waals surface area (Å²) in [5.74, 6) is 1.15. The average Bonchev–Trinajstić information content (AvgIpc) is 2.91. The number of hydrogen-bond donors (Lipinski definition) is 0. The summed E-state index contributed by atoms with van der Waals surface area (Å²) in [6.07, 6.45) is 0.781. The zero-order valence-electron chi connectivity index (χ0n) is 14.9. The quantitative estimate of drug-likeness (QED) is 0.768. The highest BCUT2D eigenvalue weighted by Crippen LogP contribution is 2.11. The monoisotopic (exact) mass is 359 g/mol. The number of carbonyl (C=O) groups is 1. The van der Waals surface area contributed by atoms with E-state index in [1.165, 1.54) is 5.56 Å². The molecular formula is C18H25N5OS. The molecule has 0 bridgehead atoms. The molecule has 0 aliphatic carbocycles. The lowest BCUT2D eigenvalue weighted by Crippen LogP contribution is -2.48. The van der Waals surface area contributed by atoms with Gasteiger partial charge in [-0.3, -0.25) is 9.69 Å². The fraction of sp³-hybridized carbons (Fsp3) is 0.500. The summed E-state index contributed by atoms with van der Waals surface area (Å²) in [4.78, 5) is 15.6. The van der Waals surface area contributed by atoms with Crippen LogP contribution in [0.5, 0.6) is 0 Å². The standard InChI is InChI=1S/C18H25N5OS/c1-3-22-17(13-16-7-5-4-6-8-16)19-23(18(22)25)14-20-9-11-21(12-10-20)15(2)24/h4-8H,3,9-14H2,1-2H3. The fourth-order valence-electron chi connectivity index (χ4n) is 3.20. The summed E-state index contributed by atoms with van der Waals surface area (Å²) in [7, 11) is 0. The molecule has 1 amide bonds. The van der Waals surface area contributed by atoms with E-state index in [1.807, 2.05) is 27.8 Å². The van der Waals surface area contributed by atoms with Crippen LogP contribution in [0.1, 0.15) is 25.2 Å². The Hall–Kier alpha value is -1.99.